The molecule has 7 aliphatic rings. The van der Waals surface area contributed by atoms with Crippen LogP contribution < -0.4 is 67.7 Å². The maximum atomic E-state index is 15.5. The number of hydrogen-bond donors (Lipinski definition) is 13. The van der Waals surface area contributed by atoms with Crippen molar-refractivity contribution >= 4 is 96.7 Å². The molecule has 2 fully saturated rings. The molecule has 35 heteroatoms. The Kier molecular flexibility index (Phi) is 28.1. The van der Waals surface area contributed by atoms with E-state index in [0.717, 1.165) is 21.5 Å². The fourth-order valence-corrected chi connectivity index (χ4v) is 15.7. The van der Waals surface area contributed by atoms with Gasteiger partial charge >= 0.3 is 11.9 Å². The molecular weight excluding hydrogens is 1550 g/mol. The highest BCUT2D eigenvalue weighted by atomic mass is 32.2. The van der Waals surface area contributed by atoms with E-state index in [1.165, 1.54) is 14.5 Å². The van der Waals surface area contributed by atoms with Crippen LogP contribution >= 0.6 is 0 Å². The van der Waals surface area contributed by atoms with Crippen LogP contribution in [0.1, 0.15) is 115 Å². The lowest BCUT2D eigenvalue weighted by molar-refractivity contribution is -0.145. The Balaban J connectivity index is 0.949. The zero-order valence-electron chi connectivity index (χ0n) is 68.1. The largest absolute Gasteiger partial charge is 0.487 e. The second kappa shape index (κ2) is 38.1. The Hall–Kier alpha value is -12.1. The molecule has 7 aromatic rings. The highest BCUT2D eigenvalue weighted by molar-refractivity contribution is 7.90. The van der Waals surface area contributed by atoms with Crippen molar-refractivity contribution in [1.29, 1.82) is 0 Å². The second-order valence-corrected chi connectivity index (χ2v) is 34.7. The van der Waals surface area contributed by atoms with Crippen LogP contribution in [0.5, 0.6) is 11.5 Å². The van der Waals surface area contributed by atoms with Crippen molar-refractivity contribution in [2.45, 2.75) is 186 Å². The minimum Gasteiger partial charge on any atom is -0.487 e. The number of nitrogens with one attached hydrogen (secondary N) is 11. The van der Waals surface area contributed by atoms with Gasteiger partial charge in [-0.3, -0.25) is 57.7 Å². The monoisotopic (exact) mass is 1660 g/mol. The van der Waals surface area contributed by atoms with Crippen LogP contribution in [0, 0.1) is 10.8 Å². The van der Waals surface area contributed by atoms with E-state index in [0.29, 0.717) is 45.1 Å². The summed E-state index contributed by atoms with van der Waals surface area (Å²) in [5.74, 6) is -9.53. The first-order valence-corrected chi connectivity index (χ1v) is 41.2. The quantitative estimate of drug-likeness (QED) is 0.0553. The van der Waals surface area contributed by atoms with Gasteiger partial charge in [0, 0.05) is 64.2 Å². The van der Waals surface area contributed by atoms with Crippen molar-refractivity contribution in [2.24, 2.45) is 10.8 Å². The molecule has 119 heavy (non-hydrogen) atoms. The van der Waals surface area contributed by atoms with Crippen LogP contribution in [-0.4, -0.2) is 220 Å². The van der Waals surface area contributed by atoms with Crippen molar-refractivity contribution in [3.8, 4) is 11.5 Å². The Labute approximate surface area is 689 Å². The number of carboxylic acid groups (broad SMARTS) is 2. The van der Waals surface area contributed by atoms with Gasteiger partial charge in [0.25, 0.3) is 5.91 Å². The summed E-state index contributed by atoms with van der Waals surface area (Å²) in [6.45, 7) is 13.3. The smallest absolute Gasteiger partial charge is 0.326 e. The average molecular weight is 1660 g/mol. The predicted molar refractivity (Wildman–Crippen MR) is 439 cm³/mol. The number of aliphatic carboxylic acids is 2. The number of sulfonamides is 1. The van der Waals surface area contributed by atoms with Crippen molar-refractivity contribution in [3.63, 3.8) is 0 Å². The number of benzene rings is 6. The van der Waals surface area contributed by atoms with Gasteiger partial charge in [0.2, 0.25) is 57.3 Å². The van der Waals surface area contributed by atoms with Gasteiger partial charge in [0.15, 0.2) is 0 Å². The van der Waals surface area contributed by atoms with Crippen molar-refractivity contribution in [1.82, 2.24) is 88.0 Å². The first-order chi connectivity index (χ1) is 56.5. The standard InChI is InChI=1S/C84H105N17O17S/c1-48(85-9)73(104)91-71(83(3,4)5)80(111)98-44-60-40-68(98)78(109)88-64(38-52-21-27-54-16-11-13-18-56(54)34-52)75(106)87-66(77(108)95-119(115,116)33-15-20-70(102)103)36-50-23-29-62(30-24-50)117-46-58-42-101(96-93-58)61-41-69(99(45-61)81(112)72(84(6,7)8)92-74(105)49(2)86-10)79(110)89-65(39-53-22-28-55-17-12-14-19-57(55)35-53)76(107)90-67(82(113)114)37-51-25-31-63(32-26-51)118-47-59-43-100(60)97-94-59/h11-14,16-19,21-32,34-35,42-43,48-49,60-61,64-69,71-72,85-86,93,96H,15,20,33,36-41,44-47H2,1-10H3,(H,87,106)(H,88,109)(H,89,110)(H,90,107)(H,91,104)(H,92,105)(H,95,108)(H,102,103)(H,113,114)/t48-,49-,60-,61-,64-,65-,66-,67-,68-,69-,71+,72+/m0/s1. The minimum absolute atomic E-state index is 0.0336. The topological polar surface area (TPSA) is 454 Å². The molecule has 634 valence electrons. The van der Waals surface area contributed by atoms with Gasteiger partial charge in [0.1, 0.15) is 78.7 Å². The molecule has 0 radical (unpaired) electrons. The van der Waals surface area contributed by atoms with Gasteiger partial charge in [-0.15, -0.1) is 10.6 Å². The maximum Gasteiger partial charge on any atom is 0.326 e. The van der Waals surface area contributed by atoms with E-state index in [4.69, 9.17) is 9.47 Å². The molecule has 6 aromatic carbocycles. The van der Waals surface area contributed by atoms with Gasteiger partial charge in [-0.05, 0) is 113 Å². The third kappa shape index (κ3) is 22.8. The number of rotatable bonds is 19. The normalized spacial score (nSPS) is 21.6. The molecule has 9 amide bonds. The molecule has 0 saturated carbocycles. The van der Waals surface area contributed by atoms with E-state index in [1.54, 1.807) is 148 Å². The SMILES string of the molecule is CN[C@@H](C)C(=O)N[C@H](C(=O)N1C[C@@H]2C[C@H]1C(=O)N[C@@H](Cc1ccc3ccccc3c1)C(=O)N[C@H](C(=O)O)Cc1ccc(cc1)OCc1cn(nn1)[C@H]1C[C@@H](C(=O)N[C@@H](Cc3ccc4ccccc4c3)C(=O)N[C@H](C(=O)NS(=O)(=O)CCCC(=O)O)Cc3ccc(cc3)OCC3=CN2NN3)N(C(=O)[C@@H](NC(=O)[C@H](C)NC)C(C)(C)C)C1)C(C)(C)C. The summed E-state index contributed by atoms with van der Waals surface area (Å²) in [6, 6.07) is 24.6. The lowest BCUT2D eigenvalue weighted by Gasteiger charge is -2.36. The second-order valence-electron chi connectivity index (χ2n) is 32.8. The molecular formula is C84H105N17O17S. The Morgan fingerprint density at radius 3 is 1.52 bits per heavy atom. The number of carbonyl (C=O) groups is 11. The van der Waals surface area contributed by atoms with Gasteiger partial charge in [-0.2, -0.15) is 0 Å². The molecule has 7 aliphatic heterocycles. The van der Waals surface area contributed by atoms with E-state index in [-0.39, 0.29) is 71.2 Å². The zero-order valence-corrected chi connectivity index (χ0v) is 68.9. The van der Waals surface area contributed by atoms with Crippen molar-refractivity contribution in [3.05, 3.63) is 180 Å². The number of hydrazine groups is 2. The molecule has 0 unspecified atom stereocenters. The number of nitrogens with zero attached hydrogens (tertiary/aromatic N) is 6. The van der Waals surface area contributed by atoms with Gasteiger partial charge < -0.3 is 77.4 Å². The fourth-order valence-electron chi connectivity index (χ4n) is 14.7. The van der Waals surface area contributed by atoms with E-state index in [2.05, 4.69) is 63.8 Å². The number of carboxylic acids is 2. The third-order valence-corrected chi connectivity index (χ3v) is 23.1. The summed E-state index contributed by atoms with van der Waals surface area (Å²) < 4.78 is 43.1. The van der Waals surface area contributed by atoms with Crippen LogP contribution in [-0.2, 0) is 95.1 Å². The van der Waals surface area contributed by atoms with Crippen LogP contribution in [0.25, 0.3) is 21.5 Å². The maximum absolute atomic E-state index is 15.5. The van der Waals surface area contributed by atoms with E-state index >= 15 is 24.0 Å². The number of amides is 9. The van der Waals surface area contributed by atoms with E-state index in [9.17, 15) is 47.4 Å². The van der Waals surface area contributed by atoms with E-state index < -0.39 is 171 Å². The predicted octanol–water partition coefficient (Wildman–Crippen LogP) is 2.72. The lowest BCUT2D eigenvalue weighted by Crippen LogP contribution is -2.61. The lowest BCUT2D eigenvalue weighted by atomic mass is 9.85. The number of hydrogen-bond acceptors (Lipinski definition) is 22. The molecule has 12 bridgehead atoms. The molecule has 12 atom stereocenters. The summed E-state index contributed by atoms with van der Waals surface area (Å²) in [5.41, 5.74) is 7.11. The van der Waals surface area contributed by atoms with Gasteiger partial charge in [-0.1, -0.05) is 156 Å². The van der Waals surface area contributed by atoms with Crippen LogP contribution in [0.2, 0.25) is 0 Å². The van der Waals surface area contributed by atoms with Crippen molar-refractivity contribution in [2.75, 3.05) is 39.5 Å². The van der Waals surface area contributed by atoms with E-state index in [1.807, 2.05) is 77.5 Å². The number of likely N-dealkylation sites (N-methyl/N-ethyl adjacent to an activating group) is 2. The first kappa shape index (κ1) is 87.7. The van der Waals surface area contributed by atoms with Crippen LogP contribution in [0.15, 0.2) is 152 Å². The average Bonchev–Trinajstić information content (AvgIpc) is 1.74. The summed E-state index contributed by atoms with van der Waals surface area (Å²) in [7, 11) is -1.35. The fraction of sp³-hybridized carbons (Fsp3) is 0.440. The van der Waals surface area contributed by atoms with Crippen LogP contribution in [0.3, 0.4) is 0 Å². The number of ether oxygens (including phenoxy) is 2. The number of fused-ring (bicyclic) bond motifs is 2. The molecule has 2 saturated heterocycles. The number of aromatic nitrogens is 3. The van der Waals surface area contributed by atoms with Gasteiger partial charge in [0.05, 0.1) is 41.8 Å². The number of likely N-dealkylation sites (tertiary alicyclic amines) is 2. The molecule has 1 aromatic heterocycles. The Morgan fingerprint density at radius 1 is 0.580 bits per heavy atom. The number of carbonyl (C=O) groups excluding carboxylic acids is 9. The van der Waals surface area contributed by atoms with Gasteiger partial charge in [-0.25, -0.2) is 17.9 Å². The first-order valence-electron chi connectivity index (χ1n) is 39.6. The Bertz CT molecular complexity index is 5070. The Morgan fingerprint density at radius 2 is 1.04 bits per heavy atom. The highest BCUT2D eigenvalue weighted by Gasteiger charge is 2.50. The molecule has 14 rings (SSSR count). The molecule has 34 nitrogen and oxygen atoms in total. The van der Waals surface area contributed by atoms with Crippen molar-refractivity contribution < 1.29 is 80.8 Å². The third-order valence-electron chi connectivity index (χ3n) is 21.7. The molecule has 8 heterocycles. The van der Waals surface area contributed by atoms with Crippen LogP contribution in [0.4, 0.5) is 0 Å². The summed E-state index contributed by atoms with van der Waals surface area (Å²) in [5, 5.41) is 56.8. The molecule has 0 aliphatic carbocycles. The zero-order chi connectivity index (χ0) is 85.8. The summed E-state index contributed by atoms with van der Waals surface area (Å²) in [4.78, 5) is 161. The summed E-state index contributed by atoms with van der Waals surface area (Å²) >= 11 is 0. The molecule has 13 N–H and O–H groups in total. The summed E-state index contributed by atoms with van der Waals surface area (Å²) in [6.07, 6.45) is 1.31. The molecule has 0 spiro atoms. The minimum atomic E-state index is -4.54. The highest BCUT2D eigenvalue weighted by Crippen LogP contribution is 2.34.